The molecule has 8 nitrogen and oxygen atoms in total. The van der Waals surface area contributed by atoms with Crippen LogP contribution >= 0.6 is 0 Å². The fourth-order valence-electron chi connectivity index (χ4n) is 4.85. The maximum atomic E-state index is 13.3. The molecular formula is C21H20N6O2. The molecule has 2 atom stereocenters. The highest BCUT2D eigenvalue weighted by Gasteiger charge is 2.51. The second kappa shape index (κ2) is 5.85. The number of pyridine rings is 1. The van der Waals surface area contributed by atoms with Gasteiger partial charge >= 0.3 is 0 Å². The molecule has 29 heavy (non-hydrogen) atoms. The normalized spacial score (nSPS) is 23.0. The van der Waals surface area contributed by atoms with E-state index < -0.39 is 5.54 Å². The Morgan fingerprint density at radius 2 is 2.17 bits per heavy atom. The summed E-state index contributed by atoms with van der Waals surface area (Å²) in [6, 6.07) is 5.81. The van der Waals surface area contributed by atoms with Crippen molar-refractivity contribution in [1.29, 1.82) is 0 Å². The number of carbonyl (C=O) groups is 1. The van der Waals surface area contributed by atoms with Crippen molar-refractivity contribution in [3.63, 3.8) is 0 Å². The maximum Gasteiger partial charge on any atom is 0.272 e. The van der Waals surface area contributed by atoms with Crippen LogP contribution in [0, 0.1) is 11.1 Å². The minimum Gasteiger partial charge on any atom is -0.619 e. The Bertz CT molecular complexity index is 1120. The number of carbonyl (C=O) groups excluding carboxylic acids is 1. The number of hydrogen-bond donors (Lipinski definition) is 1. The lowest BCUT2D eigenvalue weighted by Crippen LogP contribution is -2.51. The molecule has 3 aromatic rings. The van der Waals surface area contributed by atoms with Crippen LogP contribution in [0.3, 0.4) is 0 Å². The van der Waals surface area contributed by atoms with Crippen molar-refractivity contribution in [3.05, 3.63) is 70.8 Å². The van der Waals surface area contributed by atoms with Gasteiger partial charge in [-0.3, -0.25) is 9.78 Å². The first kappa shape index (κ1) is 16.6. The summed E-state index contributed by atoms with van der Waals surface area (Å²) >= 11 is 0. The van der Waals surface area contributed by atoms with E-state index in [1.165, 1.54) is 18.6 Å². The largest absolute Gasteiger partial charge is 0.619 e. The molecule has 0 radical (unpaired) electrons. The smallest absolute Gasteiger partial charge is 0.272 e. The minimum absolute atomic E-state index is 0.169. The van der Waals surface area contributed by atoms with Crippen LogP contribution in [-0.4, -0.2) is 25.7 Å². The van der Waals surface area contributed by atoms with Crippen LogP contribution in [0.5, 0.6) is 0 Å². The Balaban J connectivity index is 1.38. The van der Waals surface area contributed by atoms with Crippen molar-refractivity contribution in [1.82, 2.24) is 25.1 Å². The van der Waals surface area contributed by atoms with E-state index in [1.54, 1.807) is 10.9 Å². The molecule has 0 aliphatic heterocycles. The van der Waals surface area contributed by atoms with Crippen LogP contribution < -0.4 is 10.0 Å². The lowest BCUT2D eigenvalue weighted by Gasteiger charge is -2.41. The molecule has 0 bridgehead atoms. The van der Waals surface area contributed by atoms with Gasteiger partial charge in [0.2, 0.25) is 12.0 Å². The van der Waals surface area contributed by atoms with Crippen LogP contribution in [-0.2, 0) is 12.0 Å². The molecule has 1 N–H and O–H groups in total. The fraction of sp³-hybridized carbons (Fsp3) is 0.381. The zero-order chi connectivity index (χ0) is 19.6. The monoisotopic (exact) mass is 388 g/mol. The van der Waals surface area contributed by atoms with Crippen LogP contribution in [0.1, 0.15) is 59.0 Å². The van der Waals surface area contributed by atoms with E-state index in [2.05, 4.69) is 20.4 Å². The Labute approximate surface area is 167 Å². The predicted octanol–water partition coefficient (Wildman–Crippen LogP) is 1.76. The van der Waals surface area contributed by atoms with Crippen LogP contribution in [0.25, 0.3) is 5.82 Å². The molecule has 1 amide bonds. The van der Waals surface area contributed by atoms with Gasteiger partial charge in [0, 0.05) is 17.7 Å². The van der Waals surface area contributed by atoms with Crippen molar-refractivity contribution in [3.8, 4) is 5.82 Å². The lowest BCUT2D eigenvalue weighted by atomic mass is 9.74. The van der Waals surface area contributed by atoms with Gasteiger partial charge in [0.25, 0.3) is 5.91 Å². The van der Waals surface area contributed by atoms with Gasteiger partial charge < -0.3 is 10.5 Å². The number of hydrogen-bond acceptors (Lipinski definition) is 5. The molecule has 3 aliphatic carbocycles. The summed E-state index contributed by atoms with van der Waals surface area (Å²) < 4.78 is 2.41. The van der Waals surface area contributed by atoms with Crippen molar-refractivity contribution in [2.45, 2.75) is 43.6 Å². The van der Waals surface area contributed by atoms with Crippen LogP contribution in [0.15, 0.2) is 43.0 Å². The number of amides is 1. The number of rotatable bonds is 4. The topological polar surface area (TPSA) is 99.6 Å². The predicted molar refractivity (Wildman–Crippen MR) is 102 cm³/mol. The molecular weight excluding hydrogens is 368 g/mol. The van der Waals surface area contributed by atoms with Gasteiger partial charge in [0.1, 0.15) is 0 Å². The first-order valence-electron chi connectivity index (χ1n) is 10.1. The molecule has 0 spiro atoms. The Kier molecular flexibility index (Phi) is 3.36. The summed E-state index contributed by atoms with van der Waals surface area (Å²) in [6.07, 6.45) is 10.7. The summed E-state index contributed by atoms with van der Waals surface area (Å²) in [5.41, 5.74) is 2.98. The third-order valence-electron chi connectivity index (χ3n) is 6.57. The summed E-state index contributed by atoms with van der Waals surface area (Å²) in [5.74, 6) is 1.28. The molecule has 0 saturated heterocycles. The molecule has 6 rings (SSSR count). The molecule has 2 fully saturated rings. The molecule has 2 unspecified atom stereocenters. The quantitative estimate of drug-likeness (QED) is 0.542. The molecule has 3 heterocycles. The number of aromatic nitrogens is 5. The molecule has 8 heteroatoms. The lowest BCUT2D eigenvalue weighted by molar-refractivity contribution is -0.605. The molecule has 0 aromatic carbocycles. The summed E-state index contributed by atoms with van der Waals surface area (Å²) in [6.45, 7) is 0. The van der Waals surface area contributed by atoms with E-state index in [4.69, 9.17) is 0 Å². The van der Waals surface area contributed by atoms with Gasteiger partial charge in [-0.2, -0.15) is 9.83 Å². The number of fused-ring (bicyclic) bond motifs is 3. The average Bonchev–Trinajstić information content (AvgIpc) is 3.20. The van der Waals surface area contributed by atoms with Crippen LogP contribution in [0.2, 0.25) is 0 Å². The molecule has 146 valence electrons. The standard InChI is InChI=1S/C21H20N6O2/c28-20(24-21(5-3-6-21)16-4-1-2-7-22-16)18-15-11-13-10-14(13)19(15)27(25-18)17-12-26(29)9-8-23-17/h1-2,4,7-9,12-14H,3,5-6,10-11H2,(H,24,28). The number of nitrogens with one attached hydrogen (secondary N) is 1. The molecule has 3 aliphatic rings. The summed E-state index contributed by atoms with van der Waals surface area (Å²) in [5, 5.41) is 19.6. The maximum absolute atomic E-state index is 13.3. The molecule has 2 saturated carbocycles. The third-order valence-corrected chi connectivity index (χ3v) is 6.57. The van der Waals surface area contributed by atoms with Gasteiger partial charge in [-0.1, -0.05) is 6.07 Å². The average molecular weight is 388 g/mol. The van der Waals surface area contributed by atoms with E-state index in [0.717, 1.165) is 49.1 Å². The highest BCUT2D eigenvalue weighted by Crippen LogP contribution is 2.57. The van der Waals surface area contributed by atoms with Gasteiger partial charge in [-0.15, -0.1) is 0 Å². The first-order valence-corrected chi connectivity index (χ1v) is 10.1. The van der Waals surface area contributed by atoms with Gasteiger partial charge in [0.05, 0.1) is 23.1 Å². The van der Waals surface area contributed by atoms with Crippen molar-refractivity contribution in [2.24, 2.45) is 5.92 Å². The second-order valence-corrected chi connectivity index (χ2v) is 8.31. The van der Waals surface area contributed by atoms with Crippen LogP contribution in [0.4, 0.5) is 0 Å². The highest BCUT2D eigenvalue weighted by molar-refractivity contribution is 5.95. The van der Waals surface area contributed by atoms with E-state index in [-0.39, 0.29) is 5.91 Å². The molecule has 3 aromatic heterocycles. The first-order chi connectivity index (χ1) is 14.1. The highest BCUT2D eigenvalue weighted by atomic mass is 16.5. The number of nitrogens with zero attached hydrogens (tertiary/aromatic N) is 5. The van der Waals surface area contributed by atoms with E-state index in [9.17, 15) is 10.0 Å². The second-order valence-electron chi connectivity index (χ2n) is 8.31. The van der Waals surface area contributed by atoms with Gasteiger partial charge in [-0.25, -0.2) is 9.67 Å². The SMILES string of the molecule is O=C(NC1(c2ccccn2)CCC1)c1nn(-c2c[n+]([O-])ccn2)c2c1CC1CC21. The van der Waals surface area contributed by atoms with E-state index in [0.29, 0.717) is 28.1 Å². The van der Waals surface area contributed by atoms with Crippen molar-refractivity contribution >= 4 is 5.91 Å². The van der Waals surface area contributed by atoms with Gasteiger partial charge in [0.15, 0.2) is 11.9 Å². The zero-order valence-electron chi connectivity index (χ0n) is 15.8. The summed E-state index contributed by atoms with van der Waals surface area (Å²) in [4.78, 5) is 22.1. The third kappa shape index (κ3) is 2.48. The Hall–Kier alpha value is -3.29. The summed E-state index contributed by atoms with van der Waals surface area (Å²) in [7, 11) is 0. The van der Waals surface area contributed by atoms with E-state index >= 15 is 0 Å². The van der Waals surface area contributed by atoms with Crippen molar-refractivity contribution in [2.75, 3.05) is 0 Å². The zero-order valence-corrected chi connectivity index (χ0v) is 15.8. The fourth-order valence-corrected chi connectivity index (χ4v) is 4.85. The van der Waals surface area contributed by atoms with E-state index in [1.807, 2.05) is 18.2 Å². The Morgan fingerprint density at radius 3 is 2.90 bits per heavy atom. The Morgan fingerprint density at radius 1 is 1.28 bits per heavy atom. The van der Waals surface area contributed by atoms with Crippen molar-refractivity contribution < 1.29 is 9.52 Å². The minimum atomic E-state index is -0.417. The van der Waals surface area contributed by atoms with Gasteiger partial charge in [-0.05, 0) is 50.2 Å².